The van der Waals surface area contributed by atoms with Crippen LogP contribution in [0.5, 0.6) is 0 Å². The van der Waals surface area contributed by atoms with Crippen LogP contribution in [-0.4, -0.2) is 30.2 Å². The number of rotatable bonds is 2. The van der Waals surface area contributed by atoms with Crippen LogP contribution in [0.25, 0.3) is 0 Å². The maximum atomic E-state index is 13.1. The number of carbonyl (C=O) groups is 1. The number of benzene rings is 1. The summed E-state index contributed by atoms with van der Waals surface area (Å²) in [5.74, 6) is -1.65. The molecule has 0 spiro atoms. The zero-order valence-electron chi connectivity index (χ0n) is 7.40. The Labute approximate surface area is 80.1 Å². The molecule has 1 aromatic rings. The molecular formula is C8H8BFO4. The summed E-state index contributed by atoms with van der Waals surface area (Å²) < 4.78 is 17.4. The SMILES string of the molecule is COC(=O)c1ccc(B(O)O)cc1F. The van der Waals surface area contributed by atoms with Gasteiger partial charge in [0.25, 0.3) is 0 Å². The van der Waals surface area contributed by atoms with Gasteiger partial charge in [0.15, 0.2) is 0 Å². The Morgan fingerprint density at radius 2 is 2.14 bits per heavy atom. The van der Waals surface area contributed by atoms with Crippen molar-refractivity contribution in [3.63, 3.8) is 0 Å². The van der Waals surface area contributed by atoms with Crippen LogP contribution in [-0.2, 0) is 4.74 Å². The number of halogens is 1. The van der Waals surface area contributed by atoms with Crippen molar-refractivity contribution in [1.82, 2.24) is 0 Å². The monoisotopic (exact) mass is 198 g/mol. The fraction of sp³-hybridized carbons (Fsp3) is 0.125. The van der Waals surface area contributed by atoms with E-state index in [4.69, 9.17) is 10.0 Å². The summed E-state index contributed by atoms with van der Waals surface area (Å²) in [6.45, 7) is 0. The predicted molar refractivity (Wildman–Crippen MR) is 47.6 cm³/mol. The van der Waals surface area contributed by atoms with Gasteiger partial charge >= 0.3 is 13.1 Å². The highest BCUT2D eigenvalue weighted by atomic mass is 19.1. The Morgan fingerprint density at radius 3 is 2.57 bits per heavy atom. The largest absolute Gasteiger partial charge is 0.488 e. The molecule has 0 radical (unpaired) electrons. The molecule has 1 rings (SSSR count). The van der Waals surface area contributed by atoms with Crippen molar-refractivity contribution in [2.24, 2.45) is 0 Å². The molecule has 0 bridgehead atoms. The molecular weight excluding hydrogens is 190 g/mol. The number of hydrogen-bond acceptors (Lipinski definition) is 4. The highest BCUT2D eigenvalue weighted by Gasteiger charge is 2.17. The summed E-state index contributed by atoms with van der Waals surface area (Å²) in [6.07, 6.45) is 0. The molecule has 14 heavy (non-hydrogen) atoms. The fourth-order valence-corrected chi connectivity index (χ4v) is 0.967. The third kappa shape index (κ3) is 2.10. The quantitative estimate of drug-likeness (QED) is 0.486. The molecule has 0 atom stereocenters. The molecule has 0 aliphatic carbocycles. The molecule has 0 heterocycles. The number of methoxy groups -OCH3 is 1. The Balaban J connectivity index is 3.07. The van der Waals surface area contributed by atoms with Crippen LogP contribution < -0.4 is 5.46 Å². The summed E-state index contributed by atoms with van der Waals surface area (Å²) in [5, 5.41) is 17.4. The molecule has 6 heteroatoms. The van der Waals surface area contributed by atoms with E-state index >= 15 is 0 Å². The molecule has 4 nitrogen and oxygen atoms in total. The van der Waals surface area contributed by atoms with Gasteiger partial charge in [0.1, 0.15) is 5.82 Å². The Kier molecular flexibility index (Phi) is 3.21. The second-order valence-corrected chi connectivity index (χ2v) is 2.60. The lowest BCUT2D eigenvalue weighted by Gasteiger charge is -2.03. The summed E-state index contributed by atoms with van der Waals surface area (Å²) in [5.41, 5.74) is -0.257. The van der Waals surface area contributed by atoms with Gasteiger partial charge in [-0.3, -0.25) is 0 Å². The first-order chi connectivity index (χ1) is 6.56. The normalized spacial score (nSPS) is 9.71. The van der Waals surface area contributed by atoms with Crippen LogP contribution in [0.2, 0.25) is 0 Å². The lowest BCUT2D eigenvalue weighted by atomic mass is 9.80. The van der Waals surface area contributed by atoms with Gasteiger partial charge in [0, 0.05) is 0 Å². The van der Waals surface area contributed by atoms with Crippen molar-refractivity contribution in [3.05, 3.63) is 29.6 Å². The van der Waals surface area contributed by atoms with Crippen LogP contribution in [0.1, 0.15) is 10.4 Å². The summed E-state index contributed by atoms with van der Waals surface area (Å²) in [6, 6.07) is 3.24. The fourth-order valence-electron chi connectivity index (χ4n) is 0.967. The number of esters is 1. The van der Waals surface area contributed by atoms with Crippen LogP contribution in [0.4, 0.5) is 4.39 Å². The first-order valence-electron chi connectivity index (χ1n) is 3.80. The van der Waals surface area contributed by atoms with Crippen molar-refractivity contribution < 1.29 is 24.0 Å². The van der Waals surface area contributed by atoms with E-state index in [9.17, 15) is 9.18 Å². The Hall–Kier alpha value is -1.40. The minimum Gasteiger partial charge on any atom is -0.465 e. The van der Waals surface area contributed by atoms with E-state index < -0.39 is 18.9 Å². The summed E-state index contributed by atoms with van der Waals surface area (Å²) in [4.78, 5) is 10.9. The van der Waals surface area contributed by atoms with E-state index in [0.717, 1.165) is 19.2 Å². The molecule has 0 saturated heterocycles. The van der Waals surface area contributed by atoms with Crippen molar-refractivity contribution in [3.8, 4) is 0 Å². The first kappa shape index (κ1) is 10.7. The maximum Gasteiger partial charge on any atom is 0.488 e. The third-order valence-electron chi connectivity index (χ3n) is 1.70. The van der Waals surface area contributed by atoms with Crippen LogP contribution in [0.3, 0.4) is 0 Å². The molecule has 1 aromatic carbocycles. The highest BCUT2D eigenvalue weighted by molar-refractivity contribution is 6.58. The Bertz CT molecular complexity index is 353. The van der Waals surface area contributed by atoms with Crippen molar-refractivity contribution >= 4 is 18.6 Å². The van der Waals surface area contributed by atoms with Gasteiger partial charge in [-0.25, -0.2) is 9.18 Å². The zero-order valence-corrected chi connectivity index (χ0v) is 7.40. The smallest absolute Gasteiger partial charge is 0.465 e. The molecule has 0 aromatic heterocycles. The van der Waals surface area contributed by atoms with Crippen LogP contribution >= 0.6 is 0 Å². The average molecular weight is 198 g/mol. The van der Waals surface area contributed by atoms with Gasteiger partial charge in [-0.05, 0) is 17.6 Å². The van der Waals surface area contributed by atoms with Gasteiger partial charge in [-0.1, -0.05) is 6.07 Å². The van der Waals surface area contributed by atoms with E-state index in [0.29, 0.717) is 0 Å². The van der Waals surface area contributed by atoms with E-state index in [2.05, 4.69) is 4.74 Å². The second-order valence-electron chi connectivity index (χ2n) is 2.60. The second kappa shape index (κ2) is 4.21. The molecule has 74 valence electrons. The minimum atomic E-state index is -1.75. The van der Waals surface area contributed by atoms with E-state index in [1.807, 2.05) is 0 Å². The maximum absolute atomic E-state index is 13.1. The lowest BCUT2D eigenvalue weighted by molar-refractivity contribution is 0.0595. The van der Waals surface area contributed by atoms with Crippen LogP contribution in [0, 0.1) is 5.82 Å². The van der Waals surface area contributed by atoms with Crippen LogP contribution in [0.15, 0.2) is 18.2 Å². The molecule has 0 aliphatic heterocycles. The third-order valence-corrected chi connectivity index (χ3v) is 1.70. The molecule has 0 aliphatic rings. The Morgan fingerprint density at radius 1 is 1.50 bits per heavy atom. The zero-order chi connectivity index (χ0) is 10.7. The van der Waals surface area contributed by atoms with E-state index in [1.54, 1.807) is 0 Å². The van der Waals surface area contributed by atoms with Crippen molar-refractivity contribution in [2.45, 2.75) is 0 Å². The van der Waals surface area contributed by atoms with E-state index in [-0.39, 0.29) is 11.0 Å². The number of carbonyl (C=O) groups excluding carboxylic acids is 1. The average Bonchev–Trinajstić information content (AvgIpc) is 2.16. The van der Waals surface area contributed by atoms with Crippen molar-refractivity contribution in [2.75, 3.05) is 7.11 Å². The highest BCUT2D eigenvalue weighted by Crippen LogP contribution is 2.06. The molecule has 0 unspecified atom stereocenters. The topological polar surface area (TPSA) is 66.8 Å². The summed E-state index contributed by atoms with van der Waals surface area (Å²) >= 11 is 0. The predicted octanol–water partition coefficient (Wildman–Crippen LogP) is -0.708. The van der Waals surface area contributed by atoms with Gasteiger partial charge in [-0.15, -0.1) is 0 Å². The first-order valence-corrected chi connectivity index (χ1v) is 3.80. The number of ether oxygens (including phenoxy) is 1. The van der Waals surface area contributed by atoms with Crippen molar-refractivity contribution in [1.29, 1.82) is 0 Å². The number of hydrogen-bond donors (Lipinski definition) is 2. The molecule has 0 amide bonds. The molecule has 0 saturated carbocycles. The van der Waals surface area contributed by atoms with Gasteiger partial charge in [0.2, 0.25) is 0 Å². The molecule has 0 fully saturated rings. The van der Waals surface area contributed by atoms with E-state index in [1.165, 1.54) is 6.07 Å². The van der Waals surface area contributed by atoms with Gasteiger partial charge in [-0.2, -0.15) is 0 Å². The molecule has 2 N–H and O–H groups in total. The standard InChI is InChI=1S/C8H8BFO4/c1-14-8(11)6-3-2-5(9(12)13)4-7(6)10/h2-4,12-13H,1H3. The summed E-state index contributed by atoms with van der Waals surface area (Å²) in [7, 11) is -0.618. The lowest BCUT2D eigenvalue weighted by Crippen LogP contribution is -2.30. The van der Waals surface area contributed by atoms with Gasteiger partial charge in [0.05, 0.1) is 12.7 Å². The van der Waals surface area contributed by atoms with Gasteiger partial charge < -0.3 is 14.8 Å². The minimum absolute atomic E-state index is 0.0184.